The number of ether oxygens (including phenoxy) is 2. The molecule has 2 aromatic carbocycles. The van der Waals surface area contributed by atoms with E-state index >= 15 is 0 Å². The first-order valence-corrected chi connectivity index (χ1v) is 11.1. The van der Waals surface area contributed by atoms with E-state index in [0.717, 1.165) is 10.7 Å². The number of hydrogen-bond acceptors (Lipinski definition) is 6. The van der Waals surface area contributed by atoms with Gasteiger partial charge >= 0.3 is 0 Å². The Hall–Kier alpha value is -2.82. The first-order chi connectivity index (χ1) is 14.6. The summed E-state index contributed by atoms with van der Waals surface area (Å²) in [5, 5.41) is 0.186. The Kier molecular flexibility index (Phi) is 8.26. The smallest absolute Gasteiger partial charge is 0.269 e. The van der Waals surface area contributed by atoms with Crippen LogP contribution in [0.4, 0.5) is 0 Å². The molecule has 0 bridgehead atoms. The standard InChI is InChI=1S/C20H24ClN3O6S/c1-5-9-30-18-16(21)11-14(12-17(18)29-4)20(26)23-22-19(25)13-7-6-8-15(10-13)31(27,28)24(2)3/h6-8,10-12H,5,9H2,1-4H3,(H,22,25)(H,23,26). The number of rotatable bonds is 8. The third kappa shape index (κ3) is 5.87. The molecule has 0 radical (unpaired) electrons. The van der Waals surface area contributed by atoms with Crippen molar-refractivity contribution in [2.24, 2.45) is 0 Å². The number of carbonyl (C=O) groups is 2. The van der Waals surface area contributed by atoms with Crippen LogP contribution in [0.5, 0.6) is 11.5 Å². The summed E-state index contributed by atoms with van der Waals surface area (Å²) in [5.74, 6) is -0.734. The lowest BCUT2D eigenvalue weighted by atomic mass is 10.2. The molecule has 2 amide bonds. The van der Waals surface area contributed by atoms with Crippen LogP contribution in [0, 0.1) is 0 Å². The maximum atomic E-state index is 12.5. The molecule has 11 heteroatoms. The molecule has 168 valence electrons. The Labute approximate surface area is 186 Å². The lowest BCUT2D eigenvalue weighted by Gasteiger charge is -2.14. The highest BCUT2D eigenvalue weighted by Gasteiger charge is 2.20. The summed E-state index contributed by atoms with van der Waals surface area (Å²) < 4.78 is 36.3. The van der Waals surface area contributed by atoms with Gasteiger partial charge in [-0.2, -0.15) is 0 Å². The van der Waals surface area contributed by atoms with Gasteiger partial charge < -0.3 is 9.47 Å². The zero-order valence-electron chi connectivity index (χ0n) is 17.6. The van der Waals surface area contributed by atoms with E-state index in [1.165, 1.54) is 57.6 Å². The summed E-state index contributed by atoms with van der Waals surface area (Å²) in [7, 11) is 0.493. The van der Waals surface area contributed by atoms with Gasteiger partial charge in [-0.25, -0.2) is 12.7 Å². The summed E-state index contributed by atoms with van der Waals surface area (Å²) >= 11 is 6.20. The molecule has 0 aliphatic carbocycles. The maximum Gasteiger partial charge on any atom is 0.269 e. The Bertz CT molecular complexity index is 1070. The predicted molar refractivity (Wildman–Crippen MR) is 116 cm³/mol. The molecule has 0 saturated heterocycles. The molecule has 0 aliphatic heterocycles. The normalized spacial score (nSPS) is 11.2. The van der Waals surface area contributed by atoms with Gasteiger partial charge in [-0.15, -0.1) is 0 Å². The van der Waals surface area contributed by atoms with Crippen molar-refractivity contribution in [1.29, 1.82) is 0 Å². The van der Waals surface area contributed by atoms with Crippen molar-refractivity contribution in [3.05, 3.63) is 52.5 Å². The van der Waals surface area contributed by atoms with Crippen molar-refractivity contribution < 1.29 is 27.5 Å². The lowest BCUT2D eigenvalue weighted by molar-refractivity contribution is 0.0846. The largest absolute Gasteiger partial charge is 0.493 e. The Balaban J connectivity index is 2.14. The number of methoxy groups -OCH3 is 1. The highest BCUT2D eigenvalue weighted by atomic mass is 35.5. The third-order valence-corrected chi connectivity index (χ3v) is 6.20. The molecule has 0 heterocycles. The predicted octanol–water partition coefficient (Wildman–Crippen LogP) is 2.46. The fourth-order valence-corrected chi connectivity index (χ4v) is 3.67. The second-order valence-electron chi connectivity index (χ2n) is 6.56. The van der Waals surface area contributed by atoms with Gasteiger partial charge in [0.05, 0.1) is 23.6 Å². The lowest BCUT2D eigenvalue weighted by Crippen LogP contribution is -2.41. The summed E-state index contributed by atoms with van der Waals surface area (Å²) in [6.07, 6.45) is 0.769. The molecule has 0 aromatic heterocycles. The number of nitrogens with zero attached hydrogens (tertiary/aromatic N) is 1. The van der Waals surface area contributed by atoms with Crippen LogP contribution in [0.2, 0.25) is 5.02 Å². The van der Waals surface area contributed by atoms with Crippen molar-refractivity contribution in [1.82, 2.24) is 15.2 Å². The van der Waals surface area contributed by atoms with E-state index in [9.17, 15) is 18.0 Å². The topological polar surface area (TPSA) is 114 Å². The minimum Gasteiger partial charge on any atom is -0.493 e. The van der Waals surface area contributed by atoms with E-state index < -0.39 is 21.8 Å². The van der Waals surface area contributed by atoms with Gasteiger partial charge in [0, 0.05) is 25.2 Å². The van der Waals surface area contributed by atoms with Crippen molar-refractivity contribution in [3.8, 4) is 11.5 Å². The molecule has 0 saturated carbocycles. The van der Waals surface area contributed by atoms with Crippen LogP contribution in [-0.4, -0.2) is 52.3 Å². The summed E-state index contributed by atoms with van der Waals surface area (Å²) in [4.78, 5) is 24.8. The van der Waals surface area contributed by atoms with Crippen LogP contribution in [0.1, 0.15) is 34.1 Å². The molecule has 0 aliphatic rings. The van der Waals surface area contributed by atoms with Gasteiger partial charge in [-0.1, -0.05) is 24.6 Å². The van der Waals surface area contributed by atoms with Crippen LogP contribution < -0.4 is 20.3 Å². The average molecular weight is 470 g/mol. The van der Waals surface area contributed by atoms with E-state index in [1.807, 2.05) is 6.92 Å². The van der Waals surface area contributed by atoms with Crippen molar-refractivity contribution >= 4 is 33.4 Å². The van der Waals surface area contributed by atoms with E-state index in [2.05, 4.69) is 10.9 Å². The summed E-state index contributed by atoms with van der Waals surface area (Å²) in [6.45, 7) is 2.37. The number of amides is 2. The van der Waals surface area contributed by atoms with Crippen molar-refractivity contribution in [2.45, 2.75) is 18.2 Å². The minimum absolute atomic E-state index is 0.0457. The maximum absolute atomic E-state index is 12.5. The van der Waals surface area contributed by atoms with E-state index in [-0.39, 0.29) is 26.8 Å². The van der Waals surface area contributed by atoms with Gasteiger partial charge in [-0.3, -0.25) is 20.4 Å². The number of halogens is 1. The highest BCUT2D eigenvalue weighted by molar-refractivity contribution is 7.89. The fourth-order valence-electron chi connectivity index (χ4n) is 2.46. The molecule has 2 rings (SSSR count). The Morgan fingerprint density at radius 1 is 1.06 bits per heavy atom. The van der Waals surface area contributed by atoms with Gasteiger partial charge in [-0.05, 0) is 36.8 Å². The van der Waals surface area contributed by atoms with Gasteiger partial charge in [0.1, 0.15) is 0 Å². The van der Waals surface area contributed by atoms with E-state index in [4.69, 9.17) is 21.1 Å². The highest BCUT2D eigenvalue weighted by Crippen LogP contribution is 2.36. The summed E-state index contributed by atoms with van der Waals surface area (Å²) in [6, 6.07) is 8.28. The molecule has 9 nitrogen and oxygen atoms in total. The minimum atomic E-state index is -3.70. The second-order valence-corrected chi connectivity index (χ2v) is 9.12. The number of hydrazine groups is 1. The monoisotopic (exact) mass is 469 g/mol. The van der Waals surface area contributed by atoms with Gasteiger partial charge in [0.25, 0.3) is 11.8 Å². The zero-order valence-corrected chi connectivity index (χ0v) is 19.1. The molecule has 2 aromatic rings. The van der Waals surface area contributed by atoms with E-state index in [0.29, 0.717) is 12.4 Å². The molecule has 0 fully saturated rings. The number of nitrogens with one attached hydrogen (secondary N) is 2. The molecule has 0 atom stereocenters. The molecule has 0 spiro atoms. The third-order valence-electron chi connectivity index (χ3n) is 4.11. The molecular weight excluding hydrogens is 446 g/mol. The first-order valence-electron chi connectivity index (χ1n) is 9.25. The zero-order chi connectivity index (χ0) is 23.2. The van der Waals surface area contributed by atoms with Crippen LogP contribution in [0.25, 0.3) is 0 Å². The Morgan fingerprint density at radius 2 is 1.71 bits per heavy atom. The van der Waals surface area contributed by atoms with Crippen LogP contribution in [0.15, 0.2) is 41.3 Å². The number of carbonyl (C=O) groups excluding carboxylic acids is 2. The van der Waals surface area contributed by atoms with E-state index in [1.54, 1.807) is 0 Å². The average Bonchev–Trinajstić information content (AvgIpc) is 2.75. The Morgan fingerprint density at radius 3 is 2.29 bits per heavy atom. The van der Waals surface area contributed by atoms with Crippen LogP contribution >= 0.6 is 11.6 Å². The quantitative estimate of drug-likeness (QED) is 0.574. The summed E-state index contributed by atoms with van der Waals surface area (Å²) in [5.41, 5.74) is 4.71. The van der Waals surface area contributed by atoms with Crippen LogP contribution in [0.3, 0.4) is 0 Å². The SMILES string of the molecule is CCCOc1c(Cl)cc(C(=O)NNC(=O)c2cccc(S(=O)(=O)N(C)C)c2)cc1OC. The number of hydrogen-bond donors (Lipinski definition) is 2. The van der Waals surface area contributed by atoms with Crippen molar-refractivity contribution in [3.63, 3.8) is 0 Å². The fraction of sp³-hybridized carbons (Fsp3) is 0.300. The van der Waals surface area contributed by atoms with Gasteiger partial charge in [0.2, 0.25) is 10.0 Å². The molecular formula is C20H24ClN3O6S. The molecule has 31 heavy (non-hydrogen) atoms. The second kappa shape index (κ2) is 10.5. The first kappa shape index (κ1) is 24.4. The van der Waals surface area contributed by atoms with Crippen molar-refractivity contribution in [2.75, 3.05) is 27.8 Å². The van der Waals surface area contributed by atoms with Crippen LogP contribution in [-0.2, 0) is 10.0 Å². The number of sulfonamides is 1. The molecule has 2 N–H and O–H groups in total. The number of benzene rings is 2. The molecule has 0 unspecified atom stereocenters. The van der Waals surface area contributed by atoms with Gasteiger partial charge in [0.15, 0.2) is 11.5 Å².